The van der Waals surface area contributed by atoms with E-state index in [1.165, 1.54) is 11.8 Å². The van der Waals surface area contributed by atoms with Crippen LogP contribution in [-0.4, -0.2) is 16.0 Å². The van der Waals surface area contributed by atoms with Gasteiger partial charge in [0.05, 0.1) is 5.02 Å². The molecule has 0 saturated carbocycles. The van der Waals surface area contributed by atoms with Crippen molar-refractivity contribution in [2.45, 2.75) is 9.92 Å². The lowest BCUT2D eigenvalue weighted by Gasteiger charge is -2.05. The molecule has 1 aromatic carbocycles. The minimum atomic E-state index is -0.00520. The summed E-state index contributed by atoms with van der Waals surface area (Å²) in [6.07, 6.45) is 1.73. The number of hydrogen-bond acceptors (Lipinski definition) is 4. The first kappa shape index (κ1) is 12.7. The molecule has 6 heteroatoms. The van der Waals surface area contributed by atoms with Gasteiger partial charge >= 0.3 is 0 Å². The number of aromatic nitrogens is 1. The summed E-state index contributed by atoms with van der Waals surface area (Å²) in [5.74, 6) is -0.00520. The van der Waals surface area contributed by atoms with Gasteiger partial charge in [0, 0.05) is 16.7 Å². The molecule has 4 nitrogen and oxygen atoms in total. The van der Waals surface area contributed by atoms with Crippen LogP contribution in [0.5, 0.6) is 0 Å². The standard InChI is InChI=1S/C12H10ClN3OS/c13-10-7-8(4-5-9(10)12(14)16-17)18-11-3-1-2-6-15-11/h1-7,17H,(H2,14,16). The maximum absolute atomic E-state index is 8.61. The van der Waals surface area contributed by atoms with Crippen molar-refractivity contribution in [3.63, 3.8) is 0 Å². The second-order valence-corrected chi connectivity index (χ2v) is 4.90. The molecule has 0 amide bonds. The monoisotopic (exact) mass is 279 g/mol. The zero-order valence-corrected chi connectivity index (χ0v) is 10.8. The number of pyridine rings is 1. The highest BCUT2D eigenvalue weighted by Gasteiger charge is 2.07. The average Bonchev–Trinajstić information content (AvgIpc) is 2.39. The van der Waals surface area contributed by atoms with Crippen LogP contribution < -0.4 is 5.73 Å². The lowest BCUT2D eigenvalue weighted by molar-refractivity contribution is 0.318. The molecule has 0 spiro atoms. The van der Waals surface area contributed by atoms with Gasteiger partial charge in [0.2, 0.25) is 0 Å². The van der Waals surface area contributed by atoms with Crippen LogP contribution in [0.3, 0.4) is 0 Å². The fourth-order valence-electron chi connectivity index (χ4n) is 1.35. The van der Waals surface area contributed by atoms with Crippen LogP contribution in [0.1, 0.15) is 5.56 Å². The summed E-state index contributed by atoms with van der Waals surface area (Å²) in [5.41, 5.74) is 6.00. The third-order valence-electron chi connectivity index (χ3n) is 2.18. The van der Waals surface area contributed by atoms with E-state index in [2.05, 4.69) is 10.1 Å². The molecule has 3 N–H and O–H groups in total. The molecule has 0 radical (unpaired) electrons. The number of benzene rings is 1. The Labute approximate surface area is 113 Å². The maximum atomic E-state index is 8.61. The van der Waals surface area contributed by atoms with E-state index >= 15 is 0 Å². The Hall–Kier alpha value is -1.72. The first-order valence-corrected chi connectivity index (χ1v) is 6.26. The van der Waals surface area contributed by atoms with Crippen molar-refractivity contribution >= 4 is 29.2 Å². The van der Waals surface area contributed by atoms with Gasteiger partial charge in [-0.1, -0.05) is 34.6 Å². The van der Waals surface area contributed by atoms with E-state index in [1.807, 2.05) is 24.3 Å². The molecule has 0 aliphatic heterocycles. The summed E-state index contributed by atoms with van der Waals surface area (Å²) < 4.78 is 0. The highest BCUT2D eigenvalue weighted by atomic mass is 35.5. The summed E-state index contributed by atoms with van der Waals surface area (Å²) in [6, 6.07) is 11.0. The van der Waals surface area contributed by atoms with E-state index in [1.54, 1.807) is 18.3 Å². The van der Waals surface area contributed by atoms with Gasteiger partial charge in [-0.3, -0.25) is 0 Å². The van der Waals surface area contributed by atoms with Gasteiger partial charge in [0.1, 0.15) is 5.03 Å². The summed E-state index contributed by atoms with van der Waals surface area (Å²) in [5, 5.41) is 12.8. The van der Waals surface area contributed by atoms with Crippen molar-refractivity contribution in [1.82, 2.24) is 4.98 Å². The van der Waals surface area contributed by atoms with Crippen LogP contribution in [0, 0.1) is 0 Å². The van der Waals surface area contributed by atoms with E-state index in [0.29, 0.717) is 10.6 Å². The summed E-state index contributed by atoms with van der Waals surface area (Å²) in [4.78, 5) is 5.15. The van der Waals surface area contributed by atoms with E-state index in [-0.39, 0.29) is 5.84 Å². The number of rotatable bonds is 3. The van der Waals surface area contributed by atoms with Crippen LogP contribution in [-0.2, 0) is 0 Å². The quantitative estimate of drug-likeness (QED) is 0.392. The molecule has 18 heavy (non-hydrogen) atoms. The third kappa shape index (κ3) is 2.94. The largest absolute Gasteiger partial charge is 0.409 e. The number of nitrogens with zero attached hydrogens (tertiary/aromatic N) is 2. The van der Waals surface area contributed by atoms with Gasteiger partial charge in [-0.15, -0.1) is 0 Å². The van der Waals surface area contributed by atoms with Gasteiger partial charge in [0.15, 0.2) is 5.84 Å². The Morgan fingerprint density at radius 2 is 2.17 bits per heavy atom. The van der Waals surface area contributed by atoms with Crippen LogP contribution in [0.4, 0.5) is 0 Å². The summed E-state index contributed by atoms with van der Waals surface area (Å²) in [7, 11) is 0. The lowest BCUT2D eigenvalue weighted by atomic mass is 10.2. The van der Waals surface area contributed by atoms with Gasteiger partial charge in [0.25, 0.3) is 0 Å². The van der Waals surface area contributed by atoms with E-state index in [4.69, 9.17) is 22.5 Å². The molecule has 0 atom stereocenters. The number of halogens is 1. The van der Waals surface area contributed by atoms with Gasteiger partial charge < -0.3 is 10.9 Å². The molecule has 1 aromatic heterocycles. The minimum absolute atomic E-state index is 0.00520. The molecule has 92 valence electrons. The summed E-state index contributed by atoms with van der Waals surface area (Å²) >= 11 is 7.55. The molecular weight excluding hydrogens is 270 g/mol. The average molecular weight is 280 g/mol. The number of oxime groups is 1. The minimum Gasteiger partial charge on any atom is -0.409 e. The highest BCUT2D eigenvalue weighted by Crippen LogP contribution is 2.29. The Bertz CT molecular complexity index is 575. The van der Waals surface area contributed by atoms with E-state index in [0.717, 1.165) is 9.92 Å². The predicted octanol–water partition coefficient (Wildman–Crippen LogP) is 2.98. The van der Waals surface area contributed by atoms with Crippen LogP contribution >= 0.6 is 23.4 Å². The number of nitrogens with two attached hydrogens (primary N) is 1. The Morgan fingerprint density at radius 3 is 2.78 bits per heavy atom. The molecule has 2 rings (SSSR count). The SMILES string of the molecule is NC(=NO)c1ccc(Sc2ccccn2)cc1Cl. The maximum Gasteiger partial charge on any atom is 0.171 e. The molecule has 0 fully saturated rings. The van der Waals surface area contributed by atoms with Crippen molar-refractivity contribution < 1.29 is 5.21 Å². The van der Waals surface area contributed by atoms with Crippen LogP contribution in [0.25, 0.3) is 0 Å². The van der Waals surface area contributed by atoms with Gasteiger partial charge in [-0.2, -0.15) is 0 Å². The fourth-order valence-corrected chi connectivity index (χ4v) is 2.51. The second-order valence-electron chi connectivity index (χ2n) is 3.40. The van der Waals surface area contributed by atoms with Crippen molar-refractivity contribution in [3.8, 4) is 0 Å². The van der Waals surface area contributed by atoms with Crippen molar-refractivity contribution in [2.24, 2.45) is 10.9 Å². The Morgan fingerprint density at radius 1 is 1.33 bits per heavy atom. The van der Waals surface area contributed by atoms with Gasteiger partial charge in [-0.25, -0.2) is 4.98 Å². The zero-order valence-electron chi connectivity index (χ0n) is 9.25. The second kappa shape index (κ2) is 5.75. The topological polar surface area (TPSA) is 71.5 Å². The van der Waals surface area contributed by atoms with Crippen molar-refractivity contribution in [2.75, 3.05) is 0 Å². The molecule has 0 saturated heterocycles. The molecule has 0 bridgehead atoms. The normalized spacial score (nSPS) is 11.5. The molecular formula is C12H10ClN3OS. The predicted molar refractivity (Wildman–Crippen MR) is 72.3 cm³/mol. The molecule has 2 aromatic rings. The molecule has 0 unspecified atom stereocenters. The van der Waals surface area contributed by atoms with Gasteiger partial charge in [-0.05, 0) is 30.3 Å². The Balaban J connectivity index is 2.25. The van der Waals surface area contributed by atoms with Crippen LogP contribution in [0.15, 0.2) is 57.7 Å². The number of amidine groups is 1. The molecule has 0 aliphatic rings. The van der Waals surface area contributed by atoms with Crippen molar-refractivity contribution in [1.29, 1.82) is 0 Å². The van der Waals surface area contributed by atoms with Crippen LogP contribution in [0.2, 0.25) is 5.02 Å². The highest BCUT2D eigenvalue weighted by molar-refractivity contribution is 7.99. The first-order valence-electron chi connectivity index (χ1n) is 5.07. The van der Waals surface area contributed by atoms with E-state index < -0.39 is 0 Å². The number of hydrogen-bond donors (Lipinski definition) is 2. The lowest BCUT2D eigenvalue weighted by Crippen LogP contribution is -2.13. The third-order valence-corrected chi connectivity index (χ3v) is 3.44. The van der Waals surface area contributed by atoms with Crippen molar-refractivity contribution in [3.05, 3.63) is 53.2 Å². The molecule has 1 heterocycles. The fraction of sp³-hybridized carbons (Fsp3) is 0. The first-order chi connectivity index (χ1) is 8.70. The zero-order chi connectivity index (χ0) is 13.0. The van der Waals surface area contributed by atoms with E-state index in [9.17, 15) is 0 Å². The summed E-state index contributed by atoms with van der Waals surface area (Å²) in [6.45, 7) is 0. The smallest absolute Gasteiger partial charge is 0.171 e. The Kier molecular flexibility index (Phi) is 4.07. The molecule has 0 aliphatic carbocycles.